The molecule has 3 nitrogen and oxygen atoms in total. The Morgan fingerprint density at radius 2 is 1.74 bits per heavy atom. The zero-order chi connectivity index (χ0) is 13.1. The van der Waals surface area contributed by atoms with Crippen molar-refractivity contribution in [1.82, 2.24) is 4.90 Å². The molecule has 0 N–H and O–H groups in total. The third-order valence-electron chi connectivity index (χ3n) is 4.28. The molecule has 3 heteroatoms. The summed E-state index contributed by atoms with van der Waals surface area (Å²) in [4.78, 5) is 5.04. The molecule has 2 aliphatic rings. The van der Waals surface area contributed by atoms with Gasteiger partial charge in [0.1, 0.15) is 0 Å². The van der Waals surface area contributed by atoms with Crippen LogP contribution in [0.15, 0.2) is 24.3 Å². The lowest BCUT2D eigenvalue weighted by molar-refractivity contribution is 0.180. The Labute approximate surface area is 115 Å². The van der Waals surface area contributed by atoms with Crippen LogP contribution in [-0.4, -0.2) is 37.6 Å². The van der Waals surface area contributed by atoms with Crippen LogP contribution in [0.25, 0.3) is 0 Å². The summed E-state index contributed by atoms with van der Waals surface area (Å²) in [6.45, 7) is 6.21. The maximum Gasteiger partial charge on any atom is 0.0991 e. The van der Waals surface area contributed by atoms with Crippen LogP contribution in [0, 0.1) is 17.2 Å². The molecule has 0 aromatic heterocycles. The fraction of sp³-hybridized carbons (Fsp3) is 0.562. The Morgan fingerprint density at radius 1 is 1.05 bits per heavy atom. The molecule has 19 heavy (non-hydrogen) atoms. The molecule has 100 valence electrons. The zero-order valence-electron chi connectivity index (χ0n) is 11.4. The van der Waals surface area contributed by atoms with Crippen LogP contribution in [0.2, 0.25) is 0 Å². The van der Waals surface area contributed by atoms with Crippen molar-refractivity contribution in [2.45, 2.75) is 19.3 Å². The summed E-state index contributed by atoms with van der Waals surface area (Å²) in [7, 11) is 0. The molecule has 2 heterocycles. The van der Waals surface area contributed by atoms with Crippen molar-refractivity contribution >= 4 is 5.69 Å². The van der Waals surface area contributed by atoms with E-state index in [2.05, 4.69) is 28.0 Å². The molecular weight excluding hydrogens is 234 g/mol. The normalized spacial score (nSPS) is 20.9. The highest BCUT2D eigenvalue weighted by Gasteiger charge is 2.28. The first-order valence-electron chi connectivity index (χ1n) is 7.32. The third-order valence-corrected chi connectivity index (χ3v) is 4.28. The third kappa shape index (κ3) is 2.90. The lowest BCUT2D eigenvalue weighted by Crippen LogP contribution is -2.52. The van der Waals surface area contributed by atoms with Gasteiger partial charge in [-0.3, -0.25) is 0 Å². The summed E-state index contributed by atoms with van der Waals surface area (Å²) in [6, 6.07) is 10.1. The summed E-state index contributed by atoms with van der Waals surface area (Å²) >= 11 is 0. The Bertz CT molecular complexity index is 448. The molecule has 0 unspecified atom stereocenters. The van der Waals surface area contributed by atoms with Crippen LogP contribution < -0.4 is 4.90 Å². The Kier molecular flexibility index (Phi) is 3.70. The van der Waals surface area contributed by atoms with Crippen LogP contribution in [0.3, 0.4) is 0 Å². The first-order chi connectivity index (χ1) is 9.35. The predicted molar refractivity (Wildman–Crippen MR) is 77.2 cm³/mol. The van der Waals surface area contributed by atoms with Crippen LogP contribution in [-0.2, 0) is 0 Å². The monoisotopic (exact) mass is 255 g/mol. The van der Waals surface area contributed by atoms with Crippen molar-refractivity contribution in [3.63, 3.8) is 0 Å². The van der Waals surface area contributed by atoms with Gasteiger partial charge in [0.05, 0.1) is 11.6 Å². The van der Waals surface area contributed by atoms with E-state index in [9.17, 15) is 0 Å². The molecule has 0 amide bonds. The number of anilines is 1. The van der Waals surface area contributed by atoms with E-state index >= 15 is 0 Å². The van der Waals surface area contributed by atoms with Crippen LogP contribution in [0.1, 0.15) is 24.8 Å². The second-order valence-corrected chi connectivity index (χ2v) is 5.79. The standard InChI is InChI=1S/C16H21N3/c17-10-14-4-6-16(7-5-14)19-12-15(13-19)11-18-8-2-1-3-9-18/h4-7,15H,1-3,8-9,11-13H2. The maximum atomic E-state index is 8.79. The lowest BCUT2D eigenvalue weighted by atomic mass is 9.97. The van der Waals surface area contributed by atoms with Crippen LogP contribution in [0.5, 0.6) is 0 Å². The quantitative estimate of drug-likeness (QED) is 0.831. The smallest absolute Gasteiger partial charge is 0.0991 e. The molecule has 0 radical (unpaired) electrons. The number of likely N-dealkylation sites (tertiary alicyclic amines) is 1. The summed E-state index contributed by atoms with van der Waals surface area (Å²) in [5, 5.41) is 8.79. The van der Waals surface area contributed by atoms with E-state index in [-0.39, 0.29) is 0 Å². The average Bonchev–Trinajstić information content (AvgIpc) is 2.44. The highest BCUT2D eigenvalue weighted by atomic mass is 15.2. The fourth-order valence-corrected chi connectivity index (χ4v) is 3.15. The van der Waals surface area contributed by atoms with Gasteiger partial charge in [-0.25, -0.2) is 0 Å². The highest BCUT2D eigenvalue weighted by molar-refractivity contribution is 5.51. The summed E-state index contributed by atoms with van der Waals surface area (Å²) < 4.78 is 0. The number of nitrogens with zero attached hydrogens (tertiary/aromatic N) is 3. The molecule has 1 aromatic rings. The number of piperidine rings is 1. The van der Waals surface area contributed by atoms with E-state index in [1.54, 1.807) is 0 Å². The Hall–Kier alpha value is -1.53. The lowest BCUT2D eigenvalue weighted by Gasteiger charge is -2.43. The van der Waals surface area contributed by atoms with Gasteiger partial charge in [-0.15, -0.1) is 0 Å². The molecule has 0 saturated carbocycles. The summed E-state index contributed by atoms with van der Waals surface area (Å²) in [6.07, 6.45) is 4.18. The van der Waals surface area contributed by atoms with E-state index in [4.69, 9.17) is 5.26 Å². The average molecular weight is 255 g/mol. The number of hydrogen-bond acceptors (Lipinski definition) is 3. The molecular formula is C16H21N3. The predicted octanol–water partition coefficient (Wildman–Crippen LogP) is 2.48. The minimum atomic E-state index is 0.745. The molecule has 3 rings (SSSR count). The minimum absolute atomic E-state index is 0.745. The van der Waals surface area contributed by atoms with Gasteiger partial charge in [-0.05, 0) is 50.2 Å². The Balaban J connectivity index is 1.47. The second kappa shape index (κ2) is 5.63. The topological polar surface area (TPSA) is 30.3 Å². The SMILES string of the molecule is N#Cc1ccc(N2CC(CN3CCCCC3)C2)cc1. The van der Waals surface area contributed by atoms with Crippen LogP contribution in [0.4, 0.5) is 5.69 Å². The minimum Gasteiger partial charge on any atom is -0.371 e. The molecule has 0 spiro atoms. The van der Waals surface area contributed by atoms with E-state index in [0.29, 0.717) is 0 Å². The summed E-state index contributed by atoms with van der Waals surface area (Å²) in [5.41, 5.74) is 2.00. The van der Waals surface area contributed by atoms with E-state index < -0.39 is 0 Å². The zero-order valence-corrected chi connectivity index (χ0v) is 11.4. The van der Waals surface area contributed by atoms with Gasteiger partial charge in [0.25, 0.3) is 0 Å². The van der Waals surface area contributed by atoms with Crippen LogP contribution >= 0.6 is 0 Å². The Morgan fingerprint density at radius 3 is 2.37 bits per heavy atom. The number of nitriles is 1. The number of benzene rings is 1. The summed E-state index contributed by atoms with van der Waals surface area (Å²) in [5.74, 6) is 0.828. The van der Waals surface area contributed by atoms with Gasteiger partial charge in [-0.2, -0.15) is 5.26 Å². The van der Waals surface area contributed by atoms with Crippen molar-refractivity contribution in [1.29, 1.82) is 5.26 Å². The van der Waals surface area contributed by atoms with Gasteiger partial charge >= 0.3 is 0 Å². The van der Waals surface area contributed by atoms with E-state index in [1.807, 2.05) is 12.1 Å². The van der Waals surface area contributed by atoms with Gasteiger partial charge in [0.2, 0.25) is 0 Å². The maximum absolute atomic E-state index is 8.79. The second-order valence-electron chi connectivity index (χ2n) is 5.79. The molecule has 2 saturated heterocycles. The molecule has 2 aliphatic heterocycles. The molecule has 0 atom stereocenters. The van der Waals surface area contributed by atoms with E-state index in [1.165, 1.54) is 57.7 Å². The first-order valence-corrected chi connectivity index (χ1v) is 7.32. The first kappa shape index (κ1) is 12.5. The van der Waals surface area contributed by atoms with Crippen molar-refractivity contribution in [2.75, 3.05) is 37.6 Å². The molecule has 0 bridgehead atoms. The van der Waals surface area contributed by atoms with Crippen molar-refractivity contribution < 1.29 is 0 Å². The van der Waals surface area contributed by atoms with Crippen molar-refractivity contribution in [3.05, 3.63) is 29.8 Å². The highest BCUT2D eigenvalue weighted by Crippen LogP contribution is 2.26. The van der Waals surface area contributed by atoms with Crippen molar-refractivity contribution in [2.24, 2.45) is 5.92 Å². The number of hydrogen-bond donors (Lipinski definition) is 0. The molecule has 2 fully saturated rings. The van der Waals surface area contributed by atoms with E-state index in [0.717, 1.165) is 11.5 Å². The molecule has 0 aliphatic carbocycles. The van der Waals surface area contributed by atoms with Crippen molar-refractivity contribution in [3.8, 4) is 6.07 Å². The fourth-order valence-electron chi connectivity index (χ4n) is 3.15. The van der Waals surface area contributed by atoms with Gasteiger partial charge in [0, 0.05) is 31.2 Å². The van der Waals surface area contributed by atoms with Gasteiger partial charge in [0.15, 0.2) is 0 Å². The van der Waals surface area contributed by atoms with Gasteiger partial charge in [-0.1, -0.05) is 6.42 Å². The largest absolute Gasteiger partial charge is 0.371 e. The molecule has 1 aromatic carbocycles. The number of rotatable bonds is 3. The van der Waals surface area contributed by atoms with Gasteiger partial charge < -0.3 is 9.80 Å².